The Bertz CT molecular complexity index is 918. The summed E-state index contributed by atoms with van der Waals surface area (Å²) in [6.45, 7) is 0. The number of hydrogen-bond donors (Lipinski definition) is 1. The number of carbonyl (C=O) groups excluding carboxylic acids is 1. The number of aliphatic imine (C=N–C) groups is 1. The second-order valence-corrected chi connectivity index (χ2v) is 5.66. The zero-order chi connectivity index (χ0) is 15.1. The molecule has 1 amide bonds. The van der Waals surface area contributed by atoms with Gasteiger partial charge >= 0.3 is 0 Å². The third kappa shape index (κ3) is 2.04. The van der Waals surface area contributed by atoms with E-state index in [1.807, 2.05) is 36.4 Å². The standard InChI is InChI=1S/C14H10N6OS/c15-13-12(14-16-11(21)7-22-14)18-17-10-6-9(19-20(10)13)8-4-2-1-3-5-8/h1-6H,7,15H2. The molecule has 0 unspecified atom stereocenters. The molecule has 0 radical (unpaired) electrons. The predicted molar refractivity (Wildman–Crippen MR) is 84.6 cm³/mol. The Morgan fingerprint density at radius 3 is 2.73 bits per heavy atom. The average Bonchev–Trinajstić information content (AvgIpc) is 3.15. The van der Waals surface area contributed by atoms with E-state index in [0.717, 1.165) is 11.3 Å². The molecule has 7 nitrogen and oxygen atoms in total. The van der Waals surface area contributed by atoms with Crippen LogP contribution in [-0.2, 0) is 4.79 Å². The lowest BCUT2D eigenvalue weighted by molar-refractivity contribution is -0.115. The highest BCUT2D eigenvalue weighted by Crippen LogP contribution is 2.24. The number of amides is 1. The molecule has 0 bridgehead atoms. The summed E-state index contributed by atoms with van der Waals surface area (Å²) >= 11 is 1.31. The lowest BCUT2D eigenvalue weighted by Gasteiger charge is -2.03. The van der Waals surface area contributed by atoms with Gasteiger partial charge in [0, 0.05) is 11.6 Å². The van der Waals surface area contributed by atoms with Gasteiger partial charge in [-0.05, 0) is 0 Å². The number of benzene rings is 1. The van der Waals surface area contributed by atoms with Gasteiger partial charge in [-0.15, -0.1) is 10.2 Å². The molecule has 8 heteroatoms. The van der Waals surface area contributed by atoms with Gasteiger partial charge < -0.3 is 5.73 Å². The fourth-order valence-corrected chi connectivity index (χ4v) is 2.98. The first kappa shape index (κ1) is 13.0. The molecule has 0 atom stereocenters. The van der Waals surface area contributed by atoms with Crippen LogP contribution in [0.5, 0.6) is 0 Å². The van der Waals surface area contributed by atoms with Crippen molar-refractivity contribution in [2.45, 2.75) is 0 Å². The van der Waals surface area contributed by atoms with Gasteiger partial charge in [0.25, 0.3) is 5.91 Å². The number of aromatic nitrogens is 4. The molecular weight excluding hydrogens is 300 g/mol. The van der Waals surface area contributed by atoms with E-state index in [1.54, 1.807) is 0 Å². The molecule has 1 aromatic carbocycles. The Balaban J connectivity index is 1.86. The van der Waals surface area contributed by atoms with E-state index >= 15 is 0 Å². The van der Waals surface area contributed by atoms with E-state index in [0.29, 0.717) is 28.0 Å². The topological polar surface area (TPSA) is 98.5 Å². The van der Waals surface area contributed by atoms with Gasteiger partial charge in [-0.2, -0.15) is 9.61 Å². The summed E-state index contributed by atoms with van der Waals surface area (Å²) < 4.78 is 1.52. The second-order valence-electron chi connectivity index (χ2n) is 4.70. The van der Waals surface area contributed by atoms with E-state index in [-0.39, 0.29) is 5.91 Å². The number of nitrogens with two attached hydrogens (primary N) is 1. The van der Waals surface area contributed by atoms with Crippen LogP contribution in [0.1, 0.15) is 5.69 Å². The highest BCUT2D eigenvalue weighted by Gasteiger charge is 2.22. The minimum Gasteiger partial charge on any atom is -0.382 e. The van der Waals surface area contributed by atoms with Crippen LogP contribution in [0.3, 0.4) is 0 Å². The zero-order valence-corrected chi connectivity index (χ0v) is 12.1. The summed E-state index contributed by atoms with van der Waals surface area (Å²) in [5, 5.41) is 13.2. The molecule has 0 saturated heterocycles. The predicted octanol–water partition coefficient (Wildman–Crippen LogP) is 1.39. The van der Waals surface area contributed by atoms with Gasteiger partial charge in [0.1, 0.15) is 5.04 Å². The normalized spacial score (nSPS) is 14.5. The van der Waals surface area contributed by atoms with E-state index in [2.05, 4.69) is 20.3 Å². The van der Waals surface area contributed by atoms with Crippen LogP contribution in [0.25, 0.3) is 16.9 Å². The number of hydrogen-bond acceptors (Lipinski definition) is 6. The Kier molecular flexibility index (Phi) is 2.90. The minimum absolute atomic E-state index is 0.188. The first-order valence-electron chi connectivity index (χ1n) is 6.54. The van der Waals surface area contributed by atoms with Crippen LogP contribution >= 0.6 is 11.8 Å². The smallest absolute Gasteiger partial charge is 0.257 e. The van der Waals surface area contributed by atoms with Crippen molar-refractivity contribution < 1.29 is 4.79 Å². The largest absolute Gasteiger partial charge is 0.382 e. The van der Waals surface area contributed by atoms with E-state index in [1.165, 1.54) is 16.3 Å². The Morgan fingerprint density at radius 1 is 1.18 bits per heavy atom. The van der Waals surface area contributed by atoms with Gasteiger partial charge in [-0.1, -0.05) is 42.1 Å². The molecule has 1 aliphatic rings. The van der Waals surface area contributed by atoms with Crippen LogP contribution in [0.4, 0.5) is 5.82 Å². The third-order valence-corrected chi connectivity index (χ3v) is 4.19. The molecule has 3 heterocycles. The maximum atomic E-state index is 11.3. The first-order valence-corrected chi connectivity index (χ1v) is 7.53. The summed E-state index contributed by atoms with van der Waals surface area (Å²) in [5.74, 6) is 0.447. The highest BCUT2D eigenvalue weighted by molar-refractivity contribution is 8.15. The number of carbonyl (C=O) groups is 1. The molecule has 0 aliphatic carbocycles. The van der Waals surface area contributed by atoms with Crippen LogP contribution in [0.15, 0.2) is 41.4 Å². The molecule has 1 aliphatic heterocycles. The maximum Gasteiger partial charge on any atom is 0.257 e. The molecule has 0 fully saturated rings. The molecular formula is C14H10N6OS. The summed E-state index contributed by atoms with van der Waals surface area (Å²) in [6.07, 6.45) is 0. The van der Waals surface area contributed by atoms with Crippen molar-refractivity contribution in [2.24, 2.45) is 4.99 Å². The van der Waals surface area contributed by atoms with Crippen molar-refractivity contribution in [1.29, 1.82) is 0 Å². The van der Waals surface area contributed by atoms with E-state index in [4.69, 9.17) is 5.73 Å². The van der Waals surface area contributed by atoms with E-state index in [9.17, 15) is 4.79 Å². The lowest BCUT2D eigenvalue weighted by atomic mass is 10.2. The van der Waals surface area contributed by atoms with Crippen LogP contribution in [0.2, 0.25) is 0 Å². The van der Waals surface area contributed by atoms with Crippen molar-refractivity contribution in [2.75, 3.05) is 11.5 Å². The molecule has 108 valence electrons. The monoisotopic (exact) mass is 310 g/mol. The first-order chi connectivity index (χ1) is 10.7. The number of nitrogens with zero attached hydrogens (tertiary/aromatic N) is 5. The Morgan fingerprint density at radius 2 is 2.00 bits per heavy atom. The van der Waals surface area contributed by atoms with Crippen molar-refractivity contribution >= 4 is 34.2 Å². The SMILES string of the molecule is Nc1c(C2=NC(=O)CS2)nnc2cc(-c3ccccc3)nn12. The average molecular weight is 310 g/mol. The third-order valence-electron chi connectivity index (χ3n) is 3.24. The van der Waals surface area contributed by atoms with Crippen molar-refractivity contribution in [3.8, 4) is 11.3 Å². The fourth-order valence-electron chi connectivity index (χ4n) is 2.20. The molecule has 22 heavy (non-hydrogen) atoms. The van der Waals surface area contributed by atoms with Gasteiger partial charge in [-0.25, -0.2) is 4.99 Å². The minimum atomic E-state index is -0.188. The summed E-state index contributed by atoms with van der Waals surface area (Å²) in [4.78, 5) is 15.2. The summed E-state index contributed by atoms with van der Waals surface area (Å²) in [6, 6.07) is 11.6. The molecule has 3 aromatic rings. The van der Waals surface area contributed by atoms with Gasteiger partial charge in [0.15, 0.2) is 17.2 Å². The van der Waals surface area contributed by atoms with E-state index < -0.39 is 0 Å². The van der Waals surface area contributed by atoms with Crippen LogP contribution in [-0.4, -0.2) is 36.5 Å². The summed E-state index contributed by atoms with van der Waals surface area (Å²) in [7, 11) is 0. The van der Waals surface area contributed by atoms with Gasteiger partial charge in [-0.3, -0.25) is 4.79 Å². The molecule has 2 aromatic heterocycles. The Hall–Kier alpha value is -2.74. The summed E-state index contributed by atoms with van der Waals surface area (Å²) in [5.41, 5.74) is 8.80. The molecule has 2 N–H and O–H groups in total. The van der Waals surface area contributed by atoms with Crippen molar-refractivity contribution in [3.05, 3.63) is 42.1 Å². The number of fused-ring (bicyclic) bond motifs is 1. The maximum absolute atomic E-state index is 11.3. The van der Waals surface area contributed by atoms with Crippen LogP contribution in [0, 0.1) is 0 Å². The number of rotatable bonds is 2. The molecule has 0 spiro atoms. The number of nitrogen functional groups attached to an aromatic ring is 1. The van der Waals surface area contributed by atoms with Crippen molar-refractivity contribution in [3.63, 3.8) is 0 Å². The van der Waals surface area contributed by atoms with Gasteiger partial charge in [0.05, 0.1) is 11.4 Å². The molecule has 0 saturated carbocycles. The number of anilines is 1. The second kappa shape index (κ2) is 4.92. The van der Waals surface area contributed by atoms with Crippen molar-refractivity contribution in [1.82, 2.24) is 19.8 Å². The quantitative estimate of drug-likeness (QED) is 0.768. The lowest BCUT2D eigenvalue weighted by Crippen LogP contribution is -2.11. The highest BCUT2D eigenvalue weighted by atomic mass is 32.2. The van der Waals surface area contributed by atoms with Crippen LogP contribution < -0.4 is 5.73 Å². The van der Waals surface area contributed by atoms with Gasteiger partial charge in [0.2, 0.25) is 0 Å². The zero-order valence-electron chi connectivity index (χ0n) is 11.3. The Labute approximate surface area is 129 Å². The number of thioether (sulfide) groups is 1. The molecule has 4 rings (SSSR count). The fraction of sp³-hybridized carbons (Fsp3) is 0.0714.